The highest BCUT2D eigenvalue weighted by atomic mass is 16.5. The van der Waals surface area contributed by atoms with E-state index < -0.39 is 0 Å². The van der Waals surface area contributed by atoms with Crippen molar-refractivity contribution in [2.75, 3.05) is 46.3 Å². The Balaban J connectivity index is 1.67. The van der Waals surface area contributed by atoms with E-state index in [1.165, 1.54) is 13.0 Å². The summed E-state index contributed by atoms with van der Waals surface area (Å²) in [5.41, 5.74) is 0. The Labute approximate surface area is 141 Å². The third-order valence-corrected chi connectivity index (χ3v) is 5.21. The minimum absolute atomic E-state index is 0.0906. The second-order valence-electron chi connectivity index (χ2n) is 7.53. The smallest absolute Gasteiger partial charge is 0.226 e. The van der Waals surface area contributed by atoms with Crippen molar-refractivity contribution in [1.29, 1.82) is 0 Å². The van der Waals surface area contributed by atoms with Crippen LogP contribution >= 0.6 is 0 Å². The van der Waals surface area contributed by atoms with Crippen LogP contribution in [-0.4, -0.2) is 74.2 Å². The molecule has 0 aromatic carbocycles. The monoisotopic (exact) mass is 325 g/mol. The molecule has 2 aliphatic heterocycles. The third kappa shape index (κ3) is 5.73. The number of morpholine rings is 1. The quantitative estimate of drug-likeness (QED) is 0.805. The number of rotatable bonds is 6. The Hall–Kier alpha value is -0.650. The highest BCUT2D eigenvalue weighted by Crippen LogP contribution is 2.23. The van der Waals surface area contributed by atoms with Gasteiger partial charge in [-0.1, -0.05) is 6.92 Å². The second kappa shape index (κ2) is 9.00. The number of amides is 1. The fourth-order valence-corrected chi connectivity index (χ4v) is 3.98. The summed E-state index contributed by atoms with van der Waals surface area (Å²) in [6.07, 6.45) is 4.29. The van der Waals surface area contributed by atoms with Crippen LogP contribution in [0.15, 0.2) is 0 Å². The average Bonchev–Trinajstić information content (AvgIpc) is 2.52. The number of likely N-dealkylation sites (tertiary alicyclic amines) is 1. The van der Waals surface area contributed by atoms with Crippen molar-refractivity contribution in [3.8, 4) is 0 Å². The van der Waals surface area contributed by atoms with Crippen molar-refractivity contribution in [3.05, 3.63) is 0 Å². The normalized spacial score (nSPS) is 28.8. The first kappa shape index (κ1) is 18.7. The maximum absolute atomic E-state index is 12.3. The Morgan fingerprint density at radius 1 is 1.22 bits per heavy atom. The number of carbonyl (C=O) groups is 1. The van der Waals surface area contributed by atoms with Gasteiger partial charge in [-0.2, -0.15) is 0 Å². The van der Waals surface area contributed by atoms with Gasteiger partial charge in [0.15, 0.2) is 0 Å². The Bertz CT molecular complexity index is 359. The molecule has 0 aliphatic carbocycles. The van der Waals surface area contributed by atoms with Gasteiger partial charge in [0.05, 0.1) is 12.2 Å². The van der Waals surface area contributed by atoms with E-state index in [1.54, 1.807) is 0 Å². The highest BCUT2D eigenvalue weighted by molar-refractivity contribution is 5.78. The molecule has 5 heteroatoms. The first-order valence-electron chi connectivity index (χ1n) is 9.30. The Morgan fingerprint density at radius 3 is 2.39 bits per heavy atom. The molecule has 0 spiro atoms. The van der Waals surface area contributed by atoms with Crippen LogP contribution < -0.4 is 5.32 Å². The van der Waals surface area contributed by atoms with E-state index >= 15 is 0 Å². The van der Waals surface area contributed by atoms with Crippen LogP contribution in [0.4, 0.5) is 0 Å². The summed E-state index contributed by atoms with van der Waals surface area (Å²) in [4.78, 5) is 16.9. The minimum atomic E-state index is 0.0906. The summed E-state index contributed by atoms with van der Waals surface area (Å²) < 4.78 is 5.80. The van der Waals surface area contributed by atoms with E-state index in [0.717, 1.165) is 51.5 Å². The number of hydrogen-bond acceptors (Lipinski definition) is 4. The van der Waals surface area contributed by atoms with Crippen molar-refractivity contribution in [1.82, 2.24) is 15.1 Å². The lowest BCUT2D eigenvalue weighted by Gasteiger charge is -2.37. The molecule has 2 fully saturated rings. The first-order valence-corrected chi connectivity index (χ1v) is 9.30. The van der Waals surface area contributed by atoms with Crippen LogP contribution in [0.3, 0.4) is 0 Å². The first-order chi connectivity index (χ1) is 11.0. The van der Waals surface area contributed by atoms with Crippen LogP contribution in [0.2, 0.25) is 0 Å². The molecular formula is C18H35N3O2. The van der Waals surface area contributed by atoms with E-state index in [9.17, 15) is 4.79 Å². The molecule has 0 aromatic heterocycles. The number of nitrogens with zero attached hydrogens (tertiary/aromatic N) is 2. The van der Waals surface area contributed by atoms with Crippen molar-refractivity contribution >= 4 is 5.91 Å². The molecule has 2 heterocycles. The van der Waals surface area contributed by atoms with Crippen molar-refractivity contribution < 1.29 is 9.53 Å². The molecule has 23 heavy (non-hydrogen) atoms. The van der Waals surface area contributed by atoms with Crippen LogP contribution in [0, 0.1) is 11.8 Å². The van der Waals surface area contributed by atoms with Crippen molar-refractivity contribution in [3.63, 3.8) is 0 Å². The molecule has 5 nitrogen and oxygen atoms in total. The van der Waals surface area contributed by atoms with Crippen molar-refractivity contribution in [2.24, 2.45) is 11.8 Å². The molecule has 3 unspecified atom stereocenters. The van der Waals surface area contributed by atoms with E-state index in [0.29, 0.717) is 18.1 Å². The summed E-state index contributed by atoms with van der Waals surface area (Å²) in [7, 11) is 1.91. The number of piperidine rings is 1. The number of ether oxygens (including phenoxy) is 1. The number of hydrogen-bond donors (Lipinski definition) is 1. The van der Waals surface area contributed by atoms with Crippen molar-refractivity contribution in [2.45, 2.75) is 52.2 Å². The molecule has 3 atom stereocenters. The lowest BCUT2D eigenvalue weighted by Crippen LogP contribution is -2.46. The largest absolute Gasteiger partial charge is 0.373 e. The average molecular weight is 325 g/mol. The Morgan fingerprint density at radius 2 is 1.83 bits per heavy atom. The number of carbonyl (C=O) groups excluding carboxylic acids is 1. The molecule has 0 radical (unpaired) electrons. The highest BCUT2D eigenvalue weighted by Gasteiger charge is 2.27. The molecular weight excluding hydrogens is 290 g/mol. The molecule has 1 N–H and O–H groups in total. The molecule has 2 rings (SSSR count). The van der Waals surface area contributed by atoms with Crippen LogP contribution in [0.1, 0.15) is 40.0 Å². The summed E-state index contributed by atoms with van der Waals surface area (Å²) in [5.74, 6) is 1.17. The molecule has 0 saturated carbocycles. The van der Waals surface area contributed by atoms with Crippen LogP contribution in [0.25, 0.3) is 0 Å². The van der Waals surface area contributed by atoms with Gasteiger partial charge in [0.2, 0.25) is 5.91 Å². The van der Waals surface area contributed by atoms with Crippen LogP contribution in [-0.2, 0) is 9.53 Å². The van der Waals surface area contributed by atoms with Gasteiger partial charge in [-0.15, -0.1) is 0 Å². The topological polar surface area (TPSA) is 44.8 Å². The van der Waals surface area contributed by atoms with E-state index in [2.05, 4.69) is 29.0 Å². The molecule has 134 valence electrons. The van der Waals surface area contributed by atoms with Gasteiger partial charge in [-0.3, -0.25) is 9.69 Å². The predicted octanol–water partition coefficient (Wildman–Crippen LogP) is 1.58. The number of nitrogens with one attached hydrogen (secondary N) is 1. The van der Waals surface area contributed by atoms with Gasteiger partial charge in [-0.25, -0.2) is 0 Å². The molecule has 2 saturated heterocycles. The third-order valence-electron chi connectivity index (χ3n) is 5.21. The van der Waals surface area contributed by atoms with Gasteiger partial charge in [0.1, 0.15) is 0 Å². The summed E-state index contributed by atoms with van der Waals surface area (Å²) >= 11 is 0. The van der Waals surface area contributed by atoms with Gasteiger partial charge in [0, 0.05) is 38.6 Å². The van der Waals surface area contributed by atoms with Gasteiger partial charge in [-0.05, 0) is 52.6 Å². The summed E-state index contributed by atoms with van der Waals surface area (Å²) in [6, 6.07) is 0. The molecule has 0 bridgehead atoms. The zero-order valence-electron chi connectivity index (χ0n) is 15.4. The van der Waals surface area contributed by atoms with Crippen LogP contribution in [0.5, 0.6) is 0 Å². The zero-order valence-corrected chi connectivity index (χ0v) is 15.4. The lowest BCUT2D eigenvalue weighted by molar-refractivity contribution is -0.136. The molecule has 0 aromatic rings. The maximum Gasteiger partial charge on any atom is 0.226 e. The lowest BCUT2D eigenvalue weighted by atomic mass is 9.92. The summed E-state index contributed by atoms with van der Waals surface area (Å²) in [6.45, 7) is 12.3. The standard InChI is InChI=1S/C18H35N3O2/c1-14(11-19-4)18(22)21-9-6-17(7-10-21)5-8-20-12-15(2)23-16(3)13-20/h14-17,19H,5-13H2,1-4H3. The predicted molar refractivity (Wildman–Crippen MR) is 93.5 cm³/mol. The van der Waals surface area contributed by atoms with E-state index in [-0.39, 0.29) is 5.92 Å². The zero-order chi connectivity index (χ0) is 16.8. The van der Waals surface area contributed by atoms with E-state index in [4.69, 9.17) is 4.74 Å². The van der Waals surface area contributed by atoms with Gasteiger partial charge < -0.3 is 15.0 Å². The fourth-order valence-electron chi connectivity index (χ4n) is 3.98. The van der Waals surface area contributed by atoms with E-state index in [1.807, 2.05) is 14.0 Å². The second-order valence-corrected chi connectivity index (χ2v) is 7.53. The fraction of sp³-hybridized carbons (Fsp3) is 0.944. The van der Waals surface area contributed by atoms with Gasteiger partial charge >= 0.3 is 0 Å². The molecule has 2 aliphatic rings. The SMILES string of the molecule is CNCC(C)C(=O)N1CCC(CCN2CC(C)OC(C)C2)CC1. The maximum atomic E-state index is 12.3. The molecule has 1 amide bonds. The Kier molecular flexibility index (Phi) is 7.31. The van der Waals surface area contributed by atoms with Gasteiger partial charge in [0.25, 0.3) is 0 Å². The minimum Gasteiger partial charge on any atom is -0.373 e. The summed E-state index contributed by atoms with van der Waals surface area (Å²) in [5, 5.41) is 3.10.